The van der Waals surface area contributed by atoms with E-state index in [0.717, 1.165) is 16.8 Å². The van der Waals surface area contributed by atoms with E-state index in [0.29, 0.717) is 22.1 Å². The minimum Gasteiger partial charge on any atom is -0.871 e. The molecule has 166 valence electrons. The molecule has 0 spiro atoms. The first-order chi connectivity index (χ1) is 15.7. The molecule has 4 aromatic carbocycles. The molecule has 4 aromatic rings. The number of fused-ring (bicyclic) bond motifs is 1. The van der Waals surface area contributed by atoms with E-state index < -0.39 is 10.1 Å². The Kier molecular flexibility index (Phi) is 7.96. The van der Waals surface area contributed by atoms with Crippen LogP contribution in [0, 0.1) is 13.8 Å². The van der Waals surface area contributed by atoms with Crippen LogP contribution in [0.3, 0.4) is 0 Å². The molecule has 0 aliphatic rings. The molecule has 0 amide bonds. The third kappa shape index (κ3) is 5.75. The van der Waals surface area contributed by atoms with Crippen LogP contribution in [-0.2, 0) is 10.1 Å². The van der Waals surface area contributed by atoms with Gasteiger partial charge in [0.15, 0.2) is 0 Å². The Morgan fingerprint density at radius 2 is 1.47 bits per heavy atom. The average Bonchev–Trinajstić information content (AvgIpc) is 2.78. The number of hydrogen-bond donors (Lipinski definition) is 1. The smallest absolute Gasteiger partial charge is 0.871 e. The molecule has 8 nitrogen and oxygen atoms in total. The van der Waals surface area contributed by atoms with Crippen molar-refractivity contribution in [1.29, 1.82) is 0 Å². The van der Waals surface area contributed by atoms with Crippen molar-refractivity contribution < 1.29 is 47.6 Å². The summed E-state index contributed by atoms with van der Waals surface area (Å²) in [5.74, 6) is -0.362. The van der Waals surface area contributed by atoms with Crippen LogP contribution in [0.15, 0.2) is 98.1 Å². The summed E-state index contributed by atoms with van der Waals surface area (Å²) in [5.41, 5.74) is 3.76. The topological polar surface area (TPSA) is 127 Å². The molecule has 0 heterocycles. The van der Waals surface area contributed by atoms with Crippen molar-refractivity contribution in [3.05, 3.63) is 83.9 Å². The Morgan fingerprint density at radius 3 is 2.21 bits per heavy atom. The normalized spacial score (nSPS) is 11.9. The van der Waals surface area contributed by atoms with Gasteiger partial charge in [0.1, 0.15) is 0 Å². The summed E-state index contributed by atoms with van der Waals surface area (Å²) in [5, 5.41) is 30.3. The molecule has 34 heavy (non-hydrogen) atoms. The third-order valence-corrected chi connectivity index (χ3v) is 5.91. The summed E-state index contributed by atoms with van der Waals surface area (Å²) >= 11 is 0. The molecule has 1 N–H and O–H groups in total. The van der Waals surface area contributed by atoms with E-state index in [9.17, 15) is 18.1 Å². The van der Waals surface area contributed by atoms with Crippen LogP contribution in [0.4, 0.5) is 22.7 Å². The van der Waals surface area contributed by atoms with Gasteiger partial charge in [-0.25, -0.2) is 0 Å². The van der Waals surface area contributed by atoms with Gasteiger partial charge in [-0.2, -0.15) is 28.9 Å². The van der Waals surface area contributed by atoms with Crippen LogP contribution >= 0.6 is 0 Å². The van der Waals surface area contributed by atoms with Crippen molar-refractivity contribution in [2.24, 2.45) is 20.5 Å². The molecule has 4 rings (SSSR count). The average molecular weight is 482 g/mol. The second-order valence-corrected chi connectivity index (χ2v) is 8.85. The summed E-state index contributed by atoms with van der Waals surface area (Å²) in [6.45, 7) is 3.81. The first-order valence-electron chi connectivity index (χ1n) is 9.93. The standard InChI is InChI=1S/C24H20N4O4S.Na/c1-15-5-3-4-6-21(15)26-25-18-9-7-16(2)22(14-18)27-28-24-20-11-10-19(33(30,31)32)13-17(20)8-12-23(24)29;/h3-14,29H,1-2H3,(H,30,31,32);/q;+1/p-1. The van der Waals surface area contributed by atoms with Gasteiger partial charge in [0, 0.05) is 5.39 Å². The predicted octanol–water partition coefficient (Wildman–Crippen LogP) is 3.61. The van der Waals surface area contributed by atoms with Gasteiger partial charge in [0.05, 0.1) is 27.6 Å². The second-order valence-electron chi connectivity index (χ2n) is 7.43. The summed E-state index contributed by atoms with van der Waals surface area (Å²) in [6.07, 6.45) is 0. The first kappa shape index (κ1) is 25.7. The monoisotopic (exact) mass is 482 g/mol. The number of azo groups is 2. The zero-order valence-corrected chi connectivity index (χ0v) is 21.6. The van der Waals surface area contributed by atoms with Crippen LogP contribution < -0.4 is 34.7 Å². The summed E-state index contributed by atoms with van der Waals surface area (Å²) in [7, 11) is -4.36. The van der Waals surface area contributed by atoms with E-state index >= 15 is 0 Å². The van der Waals surface area contributed by atoms with Crippen molar-refractivity contribution in [3.8, 4) is 5.75 Å². The zero-order valence-electron chi connectivity index (χ0n) is 18.8. The third-order valence-electron chi connectivity index (χ3n) is 5.06. The fraction of sp³-hybridized carbons (Fsp3) is 0.0833. The van der Waals surface area contributed by atoms with Crippen LogP contribution in [-0.4, -0.2) is 13.0 Å². The van der Waals surface area contributed by atoms with Crippen molar-refractivity contribution in [2.45, 2.75) is 18.7 Å². The molecule has 0 fully saturated rings. The van der Waals surface area contributed by atoms with Crippen LogP contribution in [0.5, 0.6) is 5.75 Å². The molecule has 0 aromatic heterocycles. The van der Waals surface area contributed by atoms with Crippen molar-refractivity contribution >= 4 is 43.6 Å². The molecule has 0 bridgehead atoms. The Morgan fingerprint density at radius 1 is 0.765 bits per heavy atom. The number of rotatable bonds is 5. The van der Waals surface area contributed by atoms with Crippen LogP contribution in [0.1, 0.15) is 11.1 Å². The molecule has 0 saturated carbocycles. The van der Waals surface area contributed by atoms with Crippen molar-refractivity contribution in [3.63, 3.8) is 0 Å². The Labute approximate surface area is 219 Å². The Bertz CT molecular complexity index is 1540. The molecular formula is C24H19N4NaO4S. The summed E-state index contributed by atoms with van der Waals surface area (Å²) in [6, 6.07) is 19.7. The van der Waals surface area contributed by atoms with Crippen LogP contribution in [0.25, 0.3) is 10.8 Å². The van der Waals surface area contributed by atoms with Gasteiger partial charge < -0.3 is 5.11 Å². The number of hydrogen-bond acceptors (Lipinski definition) is 7. The summed E-state index contributed by atoms with van der Waals surface area (Å²) in [4.78, 5) is -0.265. The quantitative estimate of drug-likeness (QED) is 0.265. The maximum Gasteiger partial charge on any atom is 1.00 e. The largest absolute Gasteiger partial charge is 1.00 e. The fourth-order valence-electron chi connectivity index (χ4n) is 3.19. The number of benzene rings is 4. The van der Waals surface area contributed by atoms with Crippen molar-refractivity contribution in [1.82, 2.24) is 0 Å². The molecule has 0 unspecified atom stereocenters. The molecule has 0 saturated heterocycles. The van der Waals surface area contributed by atoms with E-state index in [4.69, 9.17) is 0 Å². The number of aryl methyl sites for hydroxylation is 2. The van der Waals surface area contributed by atoms with E-state index in [1.54, 1.807) is 6.07 Å². The zero-order chi connectivity index (χ0) is 23.6. The van der Waals surface area contributed by atoms with E-state index in [1.807, 2.05) is 50.2 Å². The Hall–Kier alpha value is -2.95. The first-order valence-corrected chi connectivity index (χ1v) is 11.4. The predicted molar refractivity (Wildman–Crippen MR) is 124 cm³/mol. The second kappa shape index (κ2) is 10.5. The van der Waals surface area contributed by atoms with Gasteiger partial charge in [-0.15, -0.1) is 0 Å². The van der Waals surface area contributed by atoms with Gasteiger partial charge >= 0.3 is 29.6 Å². The van der Waals surface area contributed by atoms with Gasteiger partial charge in [0.2, 0.25) is 0 Å². The maximum atomic E-state index is 12.4. The van der Waals surface area contributed by atoms with Gasteiger partial charge in [0.25, 0.3) is 10.1 Å². The molecule has 0 aliphatic carbocycles. The van der Waals surface area contributed by atoms with E-state index in [2.05, 4.69) is 20.5 Å². The summed E-state index contributed by atoms with van der Waals surface area (Å²) < 4.78 is 32.1. The van der Waals surface area contributed by atoms with E-state index in [1.165, 1.54) is 30.3 Å². The minimum absolute atomic E-state index is 0. The maximum absolute atomic E-state index is 12.4. The van der Waals surface area contributed by atoms with Crippen molar-refractivity contribution in [2.75, 3.05) is 0 Å². The van der Waals surface area contributed by atoms with Gasteiger partial charge in [-0.3, -0.25) is 4.55 Å². The molecule has 0 radical (unpaired) electrons. The minimum atomic E-state index is -4.36. The molecule has 0 aliphatic heterocycles. The van der Waals surface area contributed by atoms with E-state index in [-0.39, 0.29) is 45.9 Å². The van der Waals surface area contributed by atoms with Crippen LogP contribution in [0.2, 0.25) is 0 Å². The van der Waals surface area contributed by atoms with Gasteiger partial charge in [-0.05, 0) is 60.7 Å². The SMILES string of the molecule is Cc1ccccc1N=Nc1ccc(C)c(N=Nc2c([O-])ccc3cc(S(=O)(=O)O)ccc23)c1.[Na+]. The Balaban J connectivity index is 0.00000324. The molecular weight excluding hydrogens is 463 g/mol. The molecule has 0 atom stereocenters. The van der Waals surface area contributed by atoms with Gasteiger partial charge in [-0.1, -0.05) is 48.2 Å². The molecule has 10 heteroatoms. The fourth-order valence-corrected chi connectivity index (χ4v) is 3.71. The number of nitrogens with zero attached hydrogens (tertiary/aromatic N) is 4.